The number of ketones is 1. The Labute approximate surface area is 211 Å². The Balaban J connectivity index is 1.43. The summed E-state index contributed by atoms with van der Waals surface area (Å²) < 4.78 is 6.26. The second-order valence-corrected chi connectivity index (χ2v) is 15.5. The molecule has 1 heterocycles. The lowest BCUT2D eigenvalue weighted by molar-refractivity contribution is -0.236. The minimum atomic E-state index is -0.440. The van der Waals surface area contributed by atoms with E-state index in [4.69, 9.17) is 4.74 Å². The lowest BCUT2D eigenvalue weighted by atomic mass is 9.31. The van der Waals surface area contributed by atoms with Crippen molar-refractivity contribution in [1.29, 1.82) is 0 Å². The monoisotopic (exact) mass is 482 g/mol. The first kappa shape index (κ1) is 24.0. The minimum absolute atomic E-state index is 0.000769. The van der Waals surface area contributed by atoms with E-state index in [0.29, 0.717) is 35.7 Å². The van der Waals surface area contributed by atoms with Crippen LogP contribution in [0, 0.1) is 56.2 Å². The maximum atomic E-state index is 13.4. The van der Waals surface area contributed by atoms with Crippen LogP contribution in [0.1, 0.15) is 106 Å². The van der Waals surface area contributed by atoms with Gasteiger partial charge >= 0.3 is 5.97 Å². The van der Waals surface area contributed by atoms with Crippen molar-refractivity contribution < 1.29 is 19.4 Å². The van der Waals surface area contributed by atoms with Crippen molar-refractivity contribution in [1.82, 2.24) is 0 Å². The summed E-state index contributed by atoms with van der Waals surface area (Å²) in [6, 6.07) is 0. The Hall–Kier alpha value is -1.32. The van der Waals surface area contributed by atoms with E-state index in [0.717, 1.165) is 57.6 Å². The highest BCUT2D eigenvalue weighted by Gasteiger charge is 2.75. The smallest absolute Gasteiger partial charge is 0.312 e. The molecule has 0 unspecified atom stereocenters. The minimum Gasteiger partial charge on any atom is -0.515 e. The van der Waals surface area contributed by atoms with Crippen LogP contribution in [0.3, 0.4) is 0 Å². The SMILES string of the molecule is CC1(C)CC[C@]23CC[C@]4(C)[C@H](CC[C@@H]5[C@@]6(C)C/C(=C\O)C(=O)C(C)(C)[C@@H]6CC[C@]54C)[C@H]2[C@H]1OC3=O. The molecule has 0 spiro atoms. The average molecular weight is 483 g/mol. The Morgan fingerprint density at radius 2 is 1.51 bits per heavy atom. The average Bonchev–Trinajstić information content (AvgIpc) is 3.04. The van der Waals surface area contributed by atoms with Gasteiger partial charge in [0.25, 0.3) is 0 Å². The van der Waals surface area contributed by atoms with Gasteiger partial charge in [-0.25, -0.2) is 0 Å². The van der Waals surface area contributed by atoms with Gasteiger partial charge in [-0.15, -0.1) is 0 Å². The van der Waals surface area contributed by atoms with Crippen LogP contribution in [0.5, 0.6) is 0 Å². The molecule has 4 heteroatoms. The second-order valence-electron chi connectivity index (χ2n) is 15.5. The molecule has 1 N–H and O–H groups in total. The third-order valence-corrected chi connectivity index (χ3v) is 13.8. The highest BCUT2D eigenvalue weighted by molar-refractivity contribution is 6.00. The Kier molecular flexibility index (Phi) is 4.64. The number of carbonyl (C=O) groups is 2. The van der Waals surface area contributed by atoms with Gasteiger partial charge in [-0.05, 0) is 91.8 Å². The first-order valence-electron chi connectivity index (χ1n) is 14.3. The first-order valence-corrected chi connectivity index (χ1v) is 14.3. The van der Waals surface area contributed by atoms with Crippen LogP contribution in [-0.4, -0.2) is 23.0 Å². The van der Waals surface area contributed by atoms with Crippen molar-refractivity contribution in [3.05, 3.63) is 11.8 Å². The molecule has 194 valence electrons. The third-order valence-electron chi connectivity index (χ3n) is 13.8. The Bertz CT molecular complexity index is 1020. The molecular weight excluding hydrogens is 436 g/mol. The van der Waals surface area contributed by atoms with Gasteiger partial charge in [-0.1, -0.05) is 48.5 Å². The maximum Gasteiger partial charge on any atom is 0.312 e. The van der Waals surface area contributed by atoms with Crippen molar-refractivity contribution >= 4 is 11.8 Å². The number of ether oxygens (including phenoxy) is 1. The fourth-order valence-corrected chi connectivity index (χ4v) is 11.8. The van der Waals surface area contributed by atoms with Crippen LogP contribution in [0.4, 0.5) is 0 Å². The summed E-state index contributed by atoms with van der Waals surface area (Å²) >= 11 is 0. The predicted molar refractivity (Wildman–Crippen MR) is 135 cm³/mol. The predicted octanol–water partition coefficient (Wildman–Crippen LogP) is 7.02. The number of hydrogen-bond donors (Lipinski definition) is 1. The standard InChI is InChI=1S/C31H46O4/c1-26(2)12-14-31-15-13-29(6)19(22(31)24(26)35-25(31)34)8-9-21-28(5)16-18(17-32)23(33)27(3,4)20(28)10-11-30(21,29)7/h17,19-22,24,32H,8-16H2,1-7H3/b18-17+/t19-,20+,21-,22+,24-,28+,29-,30-,31+/m1/s1. The molecule has 1 aliphatic heterocycles. The topological polar surface area (TPSA) is 63.6 Å². The lowest BCUT2D eigenvalue weighted by Crippen LogP contribution is -2.67. The van der Waals surface area contributed by atoms with Gasteiger partial charge in [0, 0.05) is 22.3 Å². The van der Waals surface area contributed by atoms with Crippen molar-refractivity contribution in [3.8, 4) is 0 Å². The Morgan fingerprint density at radius 1 is 0.829 bits per heavy atom. The molecule has 5 saturated carbocycles. The summed E-state index contributed by atoms with van der Waals surface area (Å²) in [6.45, 7) is 16.4. The van der Waals surface area contributed by atoms with Crippen LogP contribution in [0.15, 0.2) is 11.8 Å². The van der Waals surface area contributed by atoms with Crippen molar-refractivity contribution in [2.45, 2.75) is 112 Å². The molecule has 2 bridgehead atoms. The number of allylic oxidation sites excluding steroid dienone is 1. The summed E-state index contributed by atoms with van der Waals surface area (Å²) in [5.41, 5.74) is 0.299. The van der Waals surface area contributed by atoms with Gasteiger partial charge in [0.2, 0.25) is 0 Å². The quantitative estimate of drug-likeness (QED) is 0.229. The molecule has 6 aliphatic rings. The molecule has 4 nitrogen and oxygen atoms in total. The van der Waals surface area contributed by atoms with E-state index in [1.165, 1.54) is 0 Å². The molecule has 6 fully saturated rings. The molecule has 0 amide bonds. The highest BCUT2D eigenvalue weighted by Crippen LogP contribution is 2.78. The number of aliphatic hydroxyl groups is 1. The summed E-state index contributed by atoms with van der Waals surface area (Å²) in [6.07, 6.45) is 10.6. The van der Waals surface area contributed by atoms with E-state index in [-0.39, 0.29) is 44.9 Å². The van der Waals surface area contributed by atoms with Gasteiger partial charge in [0.15, 0.2) is 5.78 Å². The fraction of sp³-hybridized carbons (Fsp3) is 0.871. The normalized spacial score (nSPS) is 54.8. The van der Waals surface area contributed by atoms with Gasteiger partial charge < -0.3 is 9.84 Å². The second kappa shape index (κ2) is 6.76. The number of rotatable bonds is 0. The molecule has 0 aromatic rings. The number of carbonyl (C=O) groups excluding carboxylic acids is 2. The molecule has 1 saturated heterocycles. The number of hydrogen-bond acceptors (Lipinski definition) is 4. The third kappa shape index (κ3) is 2.56. The number of aliphatic hydroxyl groups excluding tert-OH is 1. The van der Waals surface area contributed by atoms with Crippen LogP contribution < -0.4 is 0 Å². The lowest BCUT2D eigenvalue weighted by Gasteiger charge is -2.72. The summed E-state index contributed by atoms with van der Waals surface area (Å²) in [5, 5.41) is 10.0. The van der Waals surface area contributed by atoms with E-state index in [1.54, 1.807) is 0 Å². The van der Waals surface area contributed by atoms with Crippen molar-refractivity contribution in [2.24, 2.45) is 56.2 Å². The zero-order valence-electron chi connectivity index (χ0n) is 23.0. The van der Waals surface area contributed by atoms with Crippen LogP contribution >= 0.6 is 0 Å². The summed E-state index contributed by atoms with van der Waals surface area (Å²) in [5.74, 6) is 1.96. The van der Waals surface area contributed by atoms with Crippen molar-refractivity contribution in [3.63, 3.8) is 0 Å². The largest absolute Gasteiger partial charge is 0.515 e. The number of Topliss-reactive ketones (excluding diaryl/α,β-unsaturated/α-hetero) is 1. The molecule has 0 aromatic heterocycles. The number of fused-ring (bicyclic) bond motifs is 5. The van der Waals surface area contributed by atoms with Gasteiger partial charge in [-0.2, -0.15) is 0 Å². The zero-order chi connectivity index (χ0) is 25.4. The van der Waals surface area contributed by atoms with Crippen LogP contribution in [-0.2, 0) is 14.3 Å². The van der Waals surface area contributed by atoms with Crippen molar-refractivity contribution in [2.75, 3.05) is 0 Å². The molecule has 0 radical (unpaired) electrons. The molecule has 5 aliphatic carbocycles. The van der Waals surface area contributed by atoms with Gasteiger partial charge in [-0.3, -0.25) is 9.59 Å². The number of esters is 1. The van der Waals surface area contributed by atoms with E-state index >= 15 is 0 Å². The highest BCUT2D eigenvalue weighted by atomic mass is 16.6. The van der Waals surface area contributed by atoms with Gasteiger partial charge in [0.1, 0.15) is 6.10 Å². The molecule has 9 atom stereocenters. The molecule has 35 heavy (non-hydrogen) atoms. The van der Waals surface area contributed by atoms with E-state index in [9.17, 15) is 14.7 Å². The van der Waals surface area contributed by atoms with E-state index in [2.05, 4.69) is 48.5 Å². The molecular formula is C31H46O4. The zero-order valence-corrected chi connectivity index (χ0v) is 23.0. The summed E-state index contributed by atoms with van der Waals surface area (Å²) in [7, 11) is 0. The fourth-order valence-electron chi connectivity index (χ4n) is 11.8. The first-order chi connectivity index (χ1) is 16.2. The van der Waals surface area contributed by atoms with Crippen LogP contribution in [0.2, 0.25) is 0 Å². The maximum absolute atomic E-state index is 13.4. The molecule has 6 rings (SSSR count). The van der Waals surface area contributed by atoms with E-state index < -0.39 is 5.41 Å². The van der Waals surface area contributed by atoms with Crippen LogP contribution in [0.25, 0.3) is 0 Å². The Morgan fingerprint density at radius 3 is 2.20 bits per heavy atom. The van der Waals surface area contributed by atoms with E-state index in [1.807, 2.05) is 0 Å². The van der Waals surface area contributed by atoms with Gasteiger partial charge in [0.05, 0.1) is 11.7 Å². The summed E-state index contributed by atoms with van der Waals surface area (Å²) in [4.78, 5) is 26.6. The molecule has 0 aromatic carbocycles.